The molecule has 0 saturated carbocycles. The van der Waals surface area contributed by atoms with Gasteiger partial charge in [0.1, 0.15) is 11.5 Å². The Kier molecular flexibility index (Phi) is 2.48. The van der Waals surface area contributed by atoms with Crippen LogP contribution in [0.5, 0.6) is 11.5 Å². The Hall–Kier alpha value is -2.10. The minimum absolute atomic E-state index is 0.139. The fraction of sp³-hybridized carbons (Fsp3) is 0. The van der Waals surface area contributed by atoms with Gasteiger partial charge in [0.25, 0.3) is 0 Å². The molecule has 2 aromatic carbocycles. The van der Waals surface area contributed by atoms with E-state index in [0.29, 0.717) is 11.1 Å². The van der Waals surface area contributed by atoms with Crippen LogP contribution >= 0.6 is 0 Å². The minimum Gasteiger partial charge on any atom is -0.508 e. The lowest BCUT2D eigenvalue weighted by Gasteiger charge is -2.04. The summed E-state index contributed by atoms with van der Waals surface area (Å²) in [5.41, 5.74) is 0.793. The third-order valence-electron chi connectivity index (χ3n) is 2.16. The van der Waals surface area contributed by atoms with Crippen LogP contribution in [0.4, 0.5) is 8.78 Å². The lowest BCUT2D eigenvalue weighted by atomic mass is 10.0. The molecule has 0 saturated heterocycles. The van der Waals surface area contributed by atoms with E-state index < -0.39 is 11.6 Å². The van der Waals surface area contributed by atoms with Gasteiger partial charge in [-0.05, 0) is 35.4 Å². The number of rotatable bonds is 1. The fourth-order valence-electron chi connectivity index (χ4n) is 1.44. The van der Waals surface area contributed by atoms with Crippen molar-refractivity contribution < 1.29 is 19.0 Å². The van der Waals surface area contributed by atoms with Crippen molar-refractivity contribution >= 4 is 0 Å². The Morgan fingerprint density at radius 2 is 1.31 bits per heavy atom. The molecule has 2 rings (SSSR count). The van der Waals surface area contributed by atoms with Crippen LogP contribution in [0.3, 0.4) is 0 Å². The fourth-order valence-corrected chi connectivity index (χ4v) is 1.44. The molecule has 0 aromatic heterocycles. The molecule has 0 aliphatic rings. The van der Waals surface area contributed by atoms with E-state index in [1.54, 1.807) is 0 Å². The highest BCUT2D eigenvalue weighted by Crippen LogP contribution is 2.29. The zero-order chi connectivity index (χ0) is 11.7. The number of phenols is 2. The van der Waals surface area contributed by atoms with Gasteiger partial charge in [-0.25, -0.2) is 8.78 Å². The van der Waals surface area contributed by atoms with Gasteiger partial charge in [0.2, 0.25) is 0 Å². The summed E-state index contributed by atoms with van der Waals surface area (Å²) in [4.78, 5) is 0. The van der Waals surface area contributed by atoms with E-state index in [4.69, 9.17) is 0 Å². The van der Waals surface area contributed by atoms with E-state index in [-0.39, 0.29) is 11.5 Å². The molecule has 0 unspecified atom stereocenters. The Morgan fingerprint density at radius 3 is 1.88 bits per heavy atom. The number of hydrogen-bond donors (Lipinski definition) is 2. The van der Waals surface area contributed by atoms with E-state index in [1.807, 2.05) is 0 Å². The summed E-state index contributed by atoms with van der Waals surface area (Å²) >= 11 is 0. The van der Waals surface area contributed by atoms with Crippen molar-refractivity contribution in [3.8, 4) is 22.6 Å². The predicted molar refractivity (Wildman–Crippen MR) is 55.1 cm³/mol. The number of halogens is 2. The van der Waals surface area contributed by atoms with Crippen LogP contribution in [0.15, 0.2) is 36.4 Å². The summed E-state index contributed by atoms with van der Waals surface area (Å²) in [5.74, 6) is -2.19. The summed E-state index contributed by atoms with van der Waals surface area (Å²) in [6, 6.07) is 7.23. The summed E-state index contributed by atoms with van der Waals surface area (Å²) in [5, 5.41) is 18.5. The first-order valence-corrected chi connectivity index (χ1v) is 4.55. The maximum atomic E-state index is 13.0. The van der Waals surface area contributed by atoms with Gasteiger partial charge >= 0.3 is 0 Å². The number of aromatic hydroxyl groups is 2. The van der Waals surface area contributed by atoms with Crippen molar-refractivity contribution in [1.82, 2.24) is 0 Å². The van der Waals surface area contributed by atoms with E-state index in [9.17, 15) is 19.0 Å². The van der Waals surface area contributed by atoms with Crippen LogP contribution in [-0.4, -0.2) is 10.2 Å². The van der Waals surface area contributed by atoms with Crippen molar-refractivity contribution in [2.24, 2.45) is 0 Å². The van der Waals surface area contributed by atoms with Crippen LogP contribution in [0.1, 0.15) is 0 Å². The zero-order valence-corrected chi connectivity index (χ0v) is 8.11. The molecule has 4 heteroatoms. The third kappa shape index (κ3) is 1.95. The molecular formula is C12H8F2O2. The average Bonchev–Trinajstić information content (AvgIpc) is 2.20. The van der Waals surface area contributed by atoms with Crippen molar-refractivity contribution in [3.63, 3.8) is 0 Å². The molecule has 0 fully saturated rings. The van der Waals surface area contributed by atoms with E-state index in [2.05, 4.69) is 0 Å². The van der Waals surface area contributed by atoms with Gasteiger partial charge in [-0.2, -0.15) is 0 Å². The highest BCUT2D eigenvalue weighted by molar-refractivity contribution is 5.67. The third-order valence-corrected chi connectivity index (χ3v) is 2.16. The molecule has 2 N–H and O–H groups in total. The number of hydrogen-bond acceptors (Lipinski definition) is 2. The van der Waals surface area contributed by atoms with Gasteiger partial charge in [0.05, 0.1) is 0 Å². The van der Waals surface area contributed by atoms with Gasteiger partial charge < -0.3 is 10.2 Å². The van der Waals surface area contributed by atoms with Crippen LogP contribution < -0.4 is 0 Å². The molecule has 2 aromatic rings. The molecule has 0 radical (unpaired) electrons. The summed E-state index contributed by atoms with van der Waals surface area (Å²) in [6.07, 6.45) is 0. The first kappa shape index (κ1) is 10.4. The second-order valence-corrected chi connectivity index (χ2v) is 3.37. The van der Waals surface area contributed by atoms with Gasteiger partial charge in [-0.3, -0.25) is 0 Å². The molecule has 0 amide bonds. The van der Waals surface area contributed by atoms with Crippen molar-refractivity contribution in [3.05, 3.63) is 48.0 Å². The molecule has 0 heterocycles. The van der Waals surface area contributed by atoms with E-state index in [0.717, 1.165) is 18.2 Å². The SMILES string of the molecule is Oc1cc(O)cc(-c2ccc(F)c(F)c2)c1. The second kappa shape index (κ2) is 3.81. The smallest absolute Gasteiger partial charge is 0.159 e. The van der Waals surface area contributed by atoms with Gasteiger partial charge in [0.15, 0.2) is 11.6 Å². The molecular weight excluding hydrogens is 214 g/mol. The summed E-state index contributed by atoms with van der Waals surface area (Å²) in [6.45, 7) is 0. The normalized spacial score (nSPS) is 10.4. The van der Waals surface area contributed by atoms with Crippen LogP contribution in [0, 0.1) is 11.6 Å². The quantitative estimate of drug-likeness (QED) is 0.778. The largest absolute Gasteiger partial charge is 0.508 e. The molecule has 2 nitrogen and oxygen atoms in total. The zero-order valence-electron chi connectivity index (χ0n) is 8.11. The predicted octanol–water partition coefficient (Wildman–Crippen LogP) is 3.04. The van der Waals surface area contributed by atoms with Crippen LogP contribution in [0.2, 0.25) is 0 Å². The van der Waals surface area contributed by atoms with Gasteiger partial charge in [-0.15, -0.1) is 0 Å². The highest BCUT2D eigenvalue weighted by Gasteiger charge is 2.06. The summed E-state index contributed by atoms with van der Waals surface area (Å²) in [7, 11) is 0. The van der Waals surface area contributed by atoms with Crippen molar-refractivity contribution in [1.29, 1.82) is 0 Å². The number of benzene rings is 2. The molecule has 0 aliphatic heterocycles. The van der Waals surface area contributed by atoms with Gasteiger partial charge in [-0.1, -0.05) is 6.07 Å². The lowest BCUT2D eigenvalue weighted by molar-refractivity contribution is 0.451. The number of phenolic OH excluding ortho intramolecular Hbond substituents is 2. The Balaban J connectivity index is 2.54. The topological polar surface area (TPSA) is 40.5 Å². The maximum Gasteiger partial charge on any atom is 0.159 e. The van der Waals surface area contributed by atoms with E-state index >= 15 is 0 Å². The highest BCUT2D eigenvalue weighted by atomic mass is 19.2. The summed E-state index contributed by atoms with van der Waals surface area (Å²) < 4.78 is 25.7. The van der Waals surface area contributed by atoms with Crippen LogP contribution in [-0.2, 0) is 0 Å². The molecule has 0 bridgehead atoms. The molecule has 0 aliphatic carbocycles. The Morgan fingerprint density at radius 1 is 0.688 bits per heavy atom. The molecule has 16 heavy (non-hydrogen) atoms. The molecule has 82 valence electrons. The Bertz CT molecular complexity index is 518. The first-order valence-electron chi connectivity index (χ1n) is 4.55. The van der Waals surface area contributed by atoms with Crippen molar-refractivity contribution in [2.45, 2.75) is 0 Å². The second-order valence-electron chi connectivity index (χ2n) is 3.37. The molecule has 0 atom stereocenters. The maximum absolute atomic E-state index is 13.0. The first-order chi connectivity index (χ1) is 7.56. The minimum atomic E-state index is -0.972. The standard InChI is InChI=1S/C12H8F2O2/c13-11-2-1-7(5-12(11)14)8-3-9(15)6-10(16)4-8/h1-6,15-16H. The average molecular weight is 222 g/mol. The molecule has 0 spiro atoms. The van der Waals surface area contributed by atoms with Crippen LogP contribution in [0.25, 0.3) is 11.1 Å². The monoisotopic (exact) mass is 222 g/mol. The Labute approximate surface area is 90.4 Å². The van der Waals surface area contributed by atoms with Crippen molar-refractivity contribution in [2.75, 3.05) is 0 Å². The van der Waals surface area contributed by atoms with E-state index in [1.165, 1.54) is 18.2 Å². The van der Waals surface area contributed by atoms with Gasteiger partial charge in [0, 0.05) is 6.07 Å². The lowest BCUT2D eigenvalue weighted by Crippen LogP contribution is -1.85.